The van der Waals surface area contributed by atoms with Gasteiger partial charge in [0.05, 0.1) is 7.11 Å². The number of aromatic nitrogens is 2. The molecule has 174 valence electrons. The molecule has 0 saturated carbocycles. The van der Waals surface area contributed by atoms with Crippen molar-refractivity contribution in [2.75, 3.05) is 12.4 Å². The molecule has 35 heavy (non-hydrogen) atoms. The highest BCUT2D eigenvalue weighted by atomic mass is 16.5. The van der Waals surface area contributed by atoms with Gasteiger partial charge in [-0.15, -0.1) is 0 Å². The van der Waals surface area contributed by atoms with E-state index < -0.39 is 5.97 Å². The largest absolute Gasteiger partial charge is 0.496 e. The Morgan fingerprint density at radius 3 is 2.43 bits per heavy atom. The van der Waals surface area contributed by atoms with E-state index in [9.17, 15) is 4.79 Å². The summed E-state index contributed by atoms with van der Waals surface area (Å²) in [4.78, 5) is 18.0. The summed E-state index contributed by atoms with van der Waals surface area (Å²) in [5.74, 6) is 1.22. The highest BCUT2D eigenvalue weighted by Crippen LogP contribution is 2.36. The summed E-state index contributed by atoms with van der Waals surface area (Å²) in [6, 6.07) is 28.7. The maximum atomic E-state index is 13.0. The van der Waals surface area contributed by atoms with Crippen LogP contribution in [0.2, 0.25) is 0 Å². The molecule has 0 fully saturated rings. The Morgan fingerprint density at radius 2 is 1.63 bits per heavy atom. The molecule has 0 unspecified atom stereocenters. The Labute approximate surface area is 203 Å². The van der Waals surface area contributed by atoms with Gasteiger partial charge >= 0.3 is 5.97 Å². The topological polar surface area (TPSA) is 64.9 Å². The number of ether oxygens (including phenoxy) is 2. The number of benzene rings is 3. The zero-order valence-corrected chi connectivity index (χ0v) is 19.6. The van der Waals surface area contributed by atoms with Crippen molar-refractivity contribution in [1.29, 1.82) is 0 Å². The smallest absolute Gasteiger partial charge is 0.347 e. The van der Waals surface area contributed by atoms with Crippen LogP contribution in [-0.2, 0) is 6.54 Å². The number of carbonyl (C=O) groups is 1. The number of anilines is 1. The molecule has 1 N–H and O–H groups in total. The molecule has 5 rings (SSSR count). The fourth-order valence-corrected chi connectivity index (χ4v) is 4.00. The van der Waals surface area contributed by atoms with Gasteiger partial charge in [0.2, 0.25) is 0 Å². The SMILES string of the molecule is COc1ccccc1C(=O)Oc1ccccc1-c1nc2cc(C)ccn2c1NCc1ccccc1. The minimum Gasteiger partial charge on any atom is -0.496 e. The van der Waals surface area contributed by atoms with Crippen LogP contribution >= 0.6 is 0 Å². The number of methoxy groups -OCH3 is 1. The van der Waals surface area contributed by atoms with Gasteiger partial charge in [-0.2, -0.15) is 0 Å². The summed E-state index contributed by atoms with van der Waals surface area (Å²) in [5.41, 5.74) is 4.85. The average Bonchev–Trinajstić information content (AvgIpc) is 3.25. The first-order valence-corrected chi connectivity index (χ1v) is 11.3. The second-order valence-electron chi connectivity index (χ2n) is 8.17. The van der Waals surface area contributed by atoms with Crippen molar-refractivity contribution in [3.63, 3.8) is 0 Å². The van der Waals surface area contributed by atoms with Crippen LogP contribution in [0.15, 0.2) is 97.2 Å². The van der Waals surface area contributed by atoms with Crippen molar-refractivity contribution in [1.82, 2.24) is 9.38 Å². The third kappa shape index (κ3) is 4.59. The number of fused-ring (bicyclic) bond motifs is 1. The minimum atomic E-state index is -0.492. The second kappa shape index (κ2) is 9.73. The number of hydrogen-bond acceptors (Lipinski definition) is 5. The molecule has 0 amide bonds. The first-order valence-electron chi connectivity index (χ1n) is 11.3. The predicted molar refractivity (Wildman–Crippen MR) is 137 cm³/mol. The third-order valence-electron chi connectivity index (χ3n) is 5.76. The van der Waals surface area contributed by atoms with Gasteiger partial charge in [-0.05, 0) is 54.4 Å². The molecule has 6 heteroatoms. The molecule has 0 aliphatic heterocycles. The highest BCUT2D eigenvalue weighted by molar-refractivity contribution is 5.95. The molecule has 6 nitrogen and oxygen atoms in total. The maximum absolute atomic E-state index is 13.0. The van der Waals surface area contributed by atoms with Crippen molar-refractivity contribution >= 4 is 17.4 Å². The van der Waals surface area contributed by atoms with Crippen LogP contribution in [0.1, 0.15) is 21.5 Å². The summed E-state index contributed by atoms with van der Waals surface area (Å²) in [6.45, 7) is 2.66. The first-order chi connectivity index (χ1) is 17.1. The lowest BCUT2D eigenvalue weighted by atomic mass is 10.1. The molecule has 0 radical (unpaired) electrons. The fourth-order valence-electron chi connectivity index (χ4n) is 4.00. The fraction of sp³-hybridized carbons (Fsp3) is 0.103. The number of hydrogen-bond donors (Lipinski definition) is 1. The van der Waals surface area contributed by atoms with E-state index in [2.05, 4.69) is 17.4 Å². The van der Waals surface area contributed by atoms with E-state index >= 15 is 0 Å². The molecule has 0 saturated heterocycles. The number of para-hydroxylation sites is 2. The number of nitrogens with one attached hydrogen (secondary N) is 1. The molecule has 2 aromatic heterocycles. The number of aryl methyl sites for hydroxylation is 1. The average molecular weight is 464 g/mol. The van der Waals surface area contributed by atoms with Crippen LogP contribution < -0.4 is 14.8 Å². The van der Waals surface area contributed by atoms with E-state index in [0.29, 0.717) is 34.9 Å². The Kier molecular flexibility index (Phi) is 6.18. The molecular formula is C29H25N3O3. The second-order valence-corrected chi connectivity index (χ2v) is 8.17. The van der Waals surface area contributed by atoms with Crippen molar-refractivity contribution in [2.24, 2.45) is 0 Å². The first kappa shape index (κ1) is 22.2. The molecule has 5 aromatic rings. The normalized spacial score (nSPS) is 10.8. The van der Waals surface area contributed by atoms with Gasteiger partial charge < -0.3 is 14.8 Å². The van der Waals surface area contributed by atoms with E-state index in [0.717, 1.165) is 22.6 Å². The molecule has 0 bridgehead atoms. The van der Waals surface area contributed by atoms with Crippen molar-refractivity contribution < 1.29 is 14.3 Å². The van der Waals surface area contributed by atoms with Gasteiger partial charge in [-0.1, -0.05) is 54.6 Å². The number of rotatable bonds is 7. The lowest BCUT2D eigenvalue weighted by Crippen LogP contribution is -2.11. The lowest BCUT2D eigenvalue weighted by molar-refractivity contribution is 0.0732. The summed E-state index contributed by atoms with van der Waals surface area (Å²) < 4.78 is 13.2. The van der Waals surface area contributed by atoms with Gasteiger partial charge in [0.25, 0.3) is 0 Å². The summed E-state index contributed by atoms with van der Waals surface area (Å²) in [7, 11) is 1.53. The van der Waals surface area contributed by atoms with Gasteiger partial charge in [-0.25, -0.2) is 9.78 Å². The molecule has 0 atom stereocenters. The predicted octanol–water partition coefficient (Wildman–Crippen LogP) is 6.15. The van der Waals surface area contributed by atoms with E-state index in [1.54, 1.807) is 24.3 Å². The van der Waals surface area contributed by atoms with E-state index in [4.69, 9.17) is 14.5 Å². The van der Waals surface area contributed by atoms with Gasteiger partial charge in [0.1, 0.15) is 34.2 Å². The number of nitrogens with zero attached hydrogens (tertiary/aromatic N) is 2. The lowest BCUT2D eigenvalue weighted by Gasteiger charge is -2.13. The van der Waals surface area contributed by atoms with Crippen LogP contribution in [0.5, 0.6) is 11.5 Å². The van der Waals surface area contributed by atoms with Crippen LogP contribution in [0, 0.1) is 6.92 Å². The minimum absolute atomic E-state index is 0.359. The van der Waals surface area contributed by atoms with Gasteiger partial charge in [0.15, 0.2) is 0 Å². The van der Waals surface area contributed by atoms with Crippen molar-refractivity contribution in [3.8, 4) is 22.8 Å². The number of esters is 1. The highest BCUT2D eigenvalue weighted by Gasteiger charge is 2.21. The van der Waals surface area contributed by atoms with Crippen molar-refractivity contribution in [2.45, 2.75) is 13.5 Å². The standard InChI is InChI=1S/C29H25N3O3/c1-20-16-17-32-26(18-20)31-27(28(32)30-19-21-10-4-3-5-11-21)22-12-6-9-15-25(22)35-29(33)23-13-7-8-14-24(23)34-2/h3-18,30H,19H2,1-2H3. The Morgan fingerprint density at radius 1 is 0.914 bits per heavy atom. The monoisotopic (exact) mass is 463 g/mol. The number of imidazole rings is 1. The van der Waals surface area contributed by atoms with Gasteiger partial charge in [0, 0.05) is 18.3 Å². The molecule has 3 aromatic carbocycles. The molecule has 2 heterocycles. The van der Waals surface area contributed by atoms with Gasteiger partial charge in [-0.3, -0.25) is 4.40 Å². The Bertz CT molecular complexity index is 1490. The van der Waals surface area contributed by atoms with E-state index in [-0.39, 0.29) is 0 Å². The molecule has 0 aliphatic carbocycles. The molecule has 0 spiro atoms. The zero-order chi connectivity index (χ0) is 24.2. The maximum Gasteiger partial charge on any atom is 0.347 e. The van der Waals surface area contributed by atoms with Crippen LogP contribution in [0.3, 0.4) is 0 Å². The van der Waals surface area contributed by atoms with E-state index in [1.807, 2.05) is 72.1 Å². The van der Waals surface area contributed by atoms with Crippen molar-refractivity contribution in [3.05, 3.63) is 114 Å². The molecule has 0 aliphatic rings. The Balaban J connectivity index is 1.56. The van der Waals surface area contributed by atoms with Crippen LogP contribution in [-0.4, -0.2) is 22.5 Å². The summed E-state index contributed by atoms with van der Waals surface area (Å²) in [5, 5.41) is 3.54. The van der Waals surface area contributed by atoms with Crippen LogP contribution in [0.4, 0.5) is 5.82 Å². The Hall–Kier alpha value is -4.58. The summed E-state index contributed by atoms with van der Waals surface area (Å²) >= 11 is 0. The quantitative estimate of drug-likeness (QED) is 0.232. The zero-order valence-electron chi connectivity index (χ0n) is 19.6. The van der Waals surface area contributed by atoms with E-state index in [1.165, 1.54) is 7.11 Å². The summed E-state index contributed by atoms with van der Waals surface area (Å²) in [6.07, 6.45) is 2.00. The molecular weight excluding hydrogens is 438 g/mol. The van der Waals surface area contributed by atoms with Crippen LogP contribution in [0.25, 0.3) is 16.9 Å². The number of pyridine rings is 1. The third-order valence-corrected chi connectivity index (χ3v) is 5.76. The number of carbonyl (C=O) groups excluding carboxylic acids is 1.